The van der Waals surface area contributed by atoms with E-state index in [9.17, 15) is 0 Å². The molecule has 5 nitrogen and oxygen atoms in total. The quantitative estimate of drug-likeness (QED) is 0.870. The molecule has 1 aliphatic heterocycles. The van der Waals surface area contributed by atoms with Crippen molar-refractivity contribution in [3.63, 3.8) is 0 Å². The van der Waals surface area contributed by atoms with Crippen LogP contribution in [0.2, 0.25) is 5.02 Å². The van der Waals surface area contributed by atoms with Gasteiger partial charge in [-0.1, -0.05) is 11.6 Å². The predicted octanol–water partition coefficient (Wildman–Crippen LogP) is 4.01. The van der Waals surface area contributed by atoms with Crippen molar-refractivity contribution in [3.05, 3.63) is 40.4 Å². The van der Waals surface area contributed by atoms with E-state index in [1.807, 2.05) is 12.1 Å². The van der Waals surface area contributed by atoms with E-state index in [1.54, 1.807) is 0 Å². The van der Waals surface area contributed by atoms with Crippen LogP contribution in [-0.4, -0.2) is 27.5 Å². The van der Waals surface area contributed by atoms with Crippen LogP contribution in [0.3, 0.4) is 0 Å². The number of hydrogen-bond acceptors (Lipinski definition) is 4. The van der Waals surface area contributed by atoms with Gasteiger partial charge in [0.25, 0.3) is 0 Å². The summed E-state index contributed by atoms with van der Waals surface area (Å²) in [6.45, 7) is 4.40. The number of hydrogen-bond donors (Lipinski definition) is 1. The van der Waals surface area contributed by atoms with Gasteiger partial charge in [-0.15, -0.1) is 22.6 Å². The van der Waals surface area contributed by atoms with Gasteiger partial charge < -0.3 is 10.1 Å². The molecule has 1 saturated carbocycles. The minimum Gasteiger partial charge on any atom is -0.379 e. The number of halogens is 2. The highest BCUT2D eigenvalue weighted by Crippen LogP contribution is 2.35. The number of nitrogens with one attached hydrogen (secondary N) is 1. The molecule has 1 aromatic heterocycles. The average molecular weight is 383 g/mol. The van der Waals surface area contributed by atoms with E-state index < -0.39 is 0 Å². The maximum atomic E-state index is 6.18. The van der Waals surface area contributed by atoms with Crippen LogP contribution in [0.1, 0.15) is 55.7 Å². The number of benzene rings is 1. The lowest BCUT2D eigenvalue weighted by atomic mass is 9.86. The van der Waals surface area contributed by atoms with Crippen molar-refractivity contribution >= 4 is 24.0 Å². The van der Waals surface area contributed by atoms with E-state index in [2.05, 4.69) is 33.1 Å². The lowest BCUT2D eigenvalue weighted by Gasteiger charge is -2.28. The Morgan fingerprint density at radius 1 is 1.20 bits per heavy atom. The van der Waals surface area contributed by atoms with E-state index in [4.69, 9.17) is 16.3 Å². The molecule has 0 atom stereocenters. The van der Waals surface area contributed by atoms with Crippen molar-refractivity contribution in [1.82, 2.24) is 20.1 Å². The molecule has 2 aromatic rings. The molecule has 2 heterocycles. The Morgan fingerprint density at radius 3 is 2.76 bits per heavy atom. The van der Waals surface area contributed by atoms with Crippen LogP contribution < -0.4 is 5.32 Å². The van der Waals surface area contributed by atoms with Crippen molar-refractivity contribution in [3.8, 4) is 5.69 Å². The fraction of sp³-hybridized carbons (Fsp3) is 0.556. The van der Waals surface area contributed by atoms with Gasteiger partial charge in [-0.2, -0.15) is 0 Å². The summed E-state index contributed by atoms with van der Waals surface area (Å²) in [5.41, 5.74) is 2.36. The Morgan fingerprint density at radius 2 is 2.00 bits per heavy atom. The second-order valence-corrected chi connectivity index (χ2v) is 7.05. The molecular formula is C18H24Cl2N4O. The molecule has 4 rings (SSSR count). The average Bonchev–Trinajstić information content (AvgIpc) is 2.92. The zero-order chi connectivity index (χ0) is 16.5. The highest BCUT2D eigenvalue weighted by Gasteiger charge is 2.29. The van der Waals surface area contributed by atoms with Gasteiger partial charge >= 0.3 is 0 Å². The number of rotatable bonds is 3. The topological polar surface area (TPSA) is 52.0 Å². The first-order valence-electron chi connectivity index (χ1n) is 8.81. The molecule has 0 amide bonds. The van der Waals surface area contributed by atoms with Gasteiger partial charge in [-0.25, -0.2) is 0 Å². The molecule has 1 N–H and O–H groups in total. The van der Waals surface area contributed by atoms with Gasteiger partial charge in [-0.3, -0.25) is 4.57 Å². The van der Waals surface area contributed by atoms with Gasteiger partial charge in [0.2, 0.25) is 0 Å². The first-order valence-corrected chi connectivity index (χ1v) is 9.19. The molecule has 7 heteroatoms. The standard InChI is InChI=1S/C18H23ClN4O.ClH/c1-2-24-15-6-3-12(4-7-15)18-22-21-17-11-20-10-13-9-14(19)5-8-16(13)23(17)18;/h5,8-9,12,15,20H,2-4,6-7,10-11H2,1H3;1H/t12-,15-;. The number of ether oxygens (including phenoxy) is 1. The van der Waals surface area contributed by atoms with Crippen LogP contribution in [0.5, 0.6) is 0 Å². The lowest BCUT2D eigenvalue weighted by molar-refractivity contribution is 0.0321. The fourth-order valence-electron chi connectivity index (χ4n) is 3.92. The second kappa shape index (κ2) is 8.04. The zero-order valence-corrected chi connectivity index (χ0v) is 15.9. The molecule has 1 fully saturated rings. The zero-order valence-electron chi connectivity index (χ0n) is 14.4. The van der Waals surface area contributed by atoms with Crippen LogP contribution in [0.25, 0.3) is 5.69 Å². The molecule has 0 bridgehead atoms. The third-order valence-electron chi connectivity index (χ3n) is 5.08. The monoisotopic (exact) mass is 382 g/mol. The molecule has 0 radical (unpaired) electrons. The lowest BCUT2D eigenvalue weighted by Crippen LogP contribution is -2.22. The van der Waals surface area contributed by atoms with Gasteiger partial charge in [-0.05, 0) is 56.4 Å². The van der Waals surface area contributed by atoms with Crippen LogP contribution in [0.15, 0.2) is 18.2 Å². The maximum Gasteiger partial charge on any atom is 0.151 e. The van der Waals surface area contributed by atoms with Crippen molar-refractivity contribution in [2.45, 2.75) is 57.7 Å². The molecule has 1 aromatic carbocycles. The van der Waals surface area contributed by atoms with Gasteiger partial charge in [0.05, 0.1) is 18.3 Å². The normalized spacial score (nSPS) is 22.5. The van der Waals surface area contributed by atoms with Crippen LogP contribution in [-0.2, 0) is 17.8 Å². The highest BCUT2D eigenvalue weighted by atomic mass is 35.5. The summed E-state index contributed by atoms with van der Waals surface area (Å²) in [4.78, 5) is 0. The number of nitrogens with zero attached hydrogens (tertiary/aromatic N) is 3. The molecule has 0 unspecified atom stereocenters. The van der Waals surface area contributed by atoms with Gasteiger partial charge in [0.1, 0.15) is 5.82 Å². The maximum absolute atomic E-state index is 6.18. The fourth-order valence-corrected chi connectivity index (χ4v) is 4.11. The largest absolute Gasteiger partial charge is 0.379 e. The summed E-state index contributed by atoms with van der Waals surface area (Å²) in [6, 6.07) is 6.08. The molecular weight excluding hydrogens is 359 g/mol. The predicted molar refractivity (Wildman–Crippen MR) is 101 cm³/mol. The molecule has 1 aliphatic carbocycles. The van der Waals surface area contributed by atoms with Crippen molar-refractivity contribution in [1.29, 1.82) is 0 Å². The van der Waals surface area contributed by atoms with Crippen molar-refractivity contribution in [2.24, 2.45) is 0 Å². The van der Waals surface area contributed by atoms with E-state index in [0.717, 1.165) is 67.7 Å². The third kappa shape index (κ3) is 3.70. The van der Waals surface area contributed by atoms with Crippen molar-refractivity contribution < 1.29 is 4.74 Å². The minimum absolute atomic E-state index is 0. The Labute approximate surface area is 159 Å². The highest BCUT2D eigenvalue weighted by molar-refractivity contribution is 6.30. The van der Waals surface area contributed by atoms with E-state index in [0.29, 0.717) is 12.0 Å². The molecule has 136 valence electrons. The summed E-state index contributed by atoms with van der Waals surface area (Å²) in [7, 11) is 0. The Kier molecular flexibility index (Phi) is 6.00. The van der Waals surface area contributed by atoms with E-state index in [-0.39, 0.29) is 12.4 Å². The first kappa shape index (κ1) is 18.6. The van der Waals surface area contributed by atoms with Gasteiger partial charge in [0.15, 0.2) is 5.82 Å². The van der Waals surface area contributed by atoms with Crippen LogP contribution in [0, 0.1) is 0 Å². The van der Waals surface area contributed by atoms with Gasteiger partial charge in [0, 0.05) is 24.1 Å². The van der Waals surface area contributed by atoms with Crippen LogP contribution >= 0.6 is 24.0 Å². The van der Waals surface area contributed by atoms with E-state index >= 15 is 0 Å². The Bertz CT molecular complexity index is 726. The third-order valence-corrected chi connectivity index (χ3v) is 5.31. The second-order valence-electron chi connectivity index (χ2n) is 6.62. The molecule has 0 spiro atoms. The molecule has 0 saturated heterocycles. The summed E-state index contributed by atoms with van der Waals surface area (Å²) in [5.74, 6) is 2.52. The van der Waals surface area contributed by atoms with Crippen LogP contribution in [0.4, 0.5) is 0 Å². The minimum atomic E-state index is 0. The molecule has 2 aliphatic rings. The Hall–Kier alpha value is -1.14. The number of fused-ring (bicyclic) bond motifs is 3. The van der Waals surface area contributed by atoms with E-state index in [1.165, 1.54) is 5.56 Å². The summed E-state index contributed by atoms with van der Waals surface area (Å²) >= 11 is 6.18. The number of aromatic nitrogens is 3. The SMILES string of the molecule is CCO[C@H]1CC[C@H](c2nnc3n2-c2ccc(Cl)cc2CNC3)CC1.Cl. The smallest absolute Gasteiger partial charge is 0.151 e. The van der Waals surface area contributed by atoms with Crippen molar-refractivity contribution in [2.75, 3.05) is 6.61 Å². The first-order chi connectivity index (χ1) is 11.8. The Balaban J connectivity index is 0.00000182. The summed E-state index contributed by atoms with van der Waals surface area (Å²) in [5, 5.41) is 13.2. The summed E-state index contributed by atoms with van der Waals surface area (Å²) in [6.07, 6.45) is 4.84. The molecule has 25 heavy (non-hydrogen) atoms. The summed E-state index contributed by atoms with van der Waals surface area (Å²) < 4.78 is 8.03.